The standard InChI is InChI=1S/C24H27ClN4O2/c1-3-29-17(2)16-20(30)22(24(29)31)23(18-7-9-19(25)10-8-18)28-14-12-27(13-15-28)21-6-4-5-11-26-21/h4-11,16,23,30H,3,12-15H2,1-2H3/t23-/m1/s1. The van der Waals surface area contributed by atoms with Gasteiger partial charge < -0.3 is 14.6 Å². The lowest BCUT2D eigenvalue weighted by Crippen LogP contribution is -2.49. The van der Waals surface area contributed by atoms with E-state index in [1.807, 2.05) is 56.3 Å². The summed E-state index contributed by atoms with van der Waals surface area (Å²) >= 11 is 6.12. The van der Waals surface area contributed by atoms with Crippen molar-refractivity contribution < 1.29 is 5.11 Å². The average molecular weight is 439 g/mol. The topological polar surface area (TPSA) is 61.6 Å². The molecule has 31 heavy (non-hydrogen) atoms. The highest BCUT2D eigenvalue weighted by Crippen LogP contribution is 2.34. The summed E-state index contributed by atoms with van der Waals surface area (Å²) in [5.41, 5.74) is 1.96. The van der Waals surface area contributed by atoms with Gasteiger partial charge >= 0.3 is 0 Å². The number of pyridine rings is 2. The number of benzene rings is 1. The lowest BCUT2D eigenvalue weighted by molar-refractivity contribution is 0.207. The molecular formula is C24H27ClN4O2. The Hall–Kier alpha value is -2.83. The van der Waals surface area contributed by atoms with Crippen LogP contribution in [0.25, 0.3) is 0 Å². The summed E-state index contributed by atoms with van der Waals surface area (Å²) in [5, 5.41) is 11.5. The molecule has 162 valence electrons. The minimum Gasteiger partial charge on any atom is -0.507 e. The van der Waals surface area contributed by atoms with Crippen LogP contribution in [0.4, 0.5) is 5.82 Å². The van der Waals surface area contributed by atoms with Gasteiger partial charge in [0.1, 0.15) is 11.6 Å². The van der Waals surface area contributed by atoms with E-state index in [9.17, 15) is 9.90 Å². The van der Waals surface area contributed by atoms with Crippen LogP contribution in [0.2, 0.25) is 5.02 Å². The summed E-state index contributed by atoms with van der Waals surface area (Å²) < 4.78 is 1.71. The van der Waals surface area contributed by atoms with E-state index in [1.165, 1.54) is 0 Å². The molecule has 0 radical (unpaired) electrons. The van der Waals surface area contributed by atoms with Crippen molar-refractivity contribution >= 4 is 17.4 Å². The van der Waals surface area contributed by atoms with Gasteiger partial charge in [0.25, 0.3) is 5.56 Å². The van der Waals surface area contributed by atoms with E-state index < -0.39 is 0 Å². The first kappa shape index (κ1) is 21.4. The molecule has 4 rings (SSSR count). The third-order valence-electron chi connectivity index (χ3n) is 5.95. The predicted octanol–water partition coefficient (Wildman–Crippen LogP) is 3.84. The van der Waals surface area contributed by atoms with Crippen LogP contribution < -0.4 is 10.5 Å². The Morgan fingerprint density at radius 2 is 1.81 bits per heavy atom. The molecule has 1 aliphatic heterocycles. The van der Waals surface area contributed by atoms with Crippen molar-refractivity contribution in [3.8, 4) is 5.75 Å². The maximum absolute atomic E-state index is 13.4. The van der Waals surface area contributed by atoms with Gasteiger partial charge in [0.05, 0.1) is 11.6 Å². The summed E-state index contributed by atoms with van der Waals surface area (Å²) in [5.74, 6) is 0.996. The normalized spacial score (nSPS) is 15.8. The van der Waals surface area contributed by atoms with Gasteiger partial charge in [-0.2, -0.15) is 0 Å². The number of aromatic hydroxyl groups is 1. The molecule has 7 heteroatoms. The molecule has 0 aliphatic carbocycles. The summed E-state index contributed by atoms with van der Waals surface area (Å²) in [6.07, 6.45) is 1.80. The molecule has 0 amide bonds. The van der Waals surface area contributed by atoms with E-state index in [0.717, 1.165) is 43.3 Å². The Bertz CT molecular complexity index is 1090. The van der Waals surface area contributed by atoms with Gasteiger partial charge in [-0.15, -0.1) is 0 Å². The van der Waals surface area contributed by atoms with Gasteiger partial charge in [0, 0.05) is 49.6 Å². The smallest absolute Gasteiger partial charge is 0.259 e. The fraction of sp³-hybridized carbons (Fsp3) is 0.333. The van der Waals surface area contributed by atoms with Crippen LogP contribution >= 0.6 is 11.6 Å². The minimum absolute atomic E-state index is 0.0410. The molecule has 0 saturated carbocycles. The summed E-state index contributed by atoms with van der Waals surface area (Å²) in [4.78, 5) is 22.3. The highest BCUT2D eigenvalue weighted by atomic mass is 35.5. The molecule has 2 aromatic heterocycles. The highest BCUT2D eigenvalue weighted by Gasteiger charge is 2.31. The van der Waals surface area contributed by atoms with Gasteiger partial charge in [-0.1, -0.05) is 29.8 Å². The van der Waals surface area contributed by atoms with E-state index in [0.29, 0.717) is 17.1 Å². The number of piperazine rings is 1. The molecule has 1 aromatic carbocycles. The molecule has 0 bridgehead atoms. The molecule has 0 spiro atoms. The molecule has 1 N–H and O–H groups in total. The number of nitrogens with zero attached hydrogens (tertiary/aromatic N) is 4. The Morgan fingerprint density at radius 1 is 1.10 bits per heavy atom. The van der Waals surface area contributed by atoms with Crippen LogP contribution in [-0.2, 0) is 6.54 Å². The fourth-order valence-corrected chi connectivity index (χ4v) is 4.50. The van der Waals surface area contributed by atoms with Gasteiger partial charge in [0.15, 0.2) is 0 Å². The van der Waals surface area contributed by atoms with Crippen molar-refractivity contribution in [3.63, 3.8) is 0 Å². The molecule has 0 unspecified atom stereocenters. The molecular weight excluding hydrogens is 412 g/mol. The Kier molecular flexibility index (Phi) is 6.30. The van der Waals surface area contributed by atoms with Crippen molar-refractivity contribution in [2.24, 2.45) is 0 Å². The van der Waals surface area contributed by atoms with Crippen LogP contribution in [-0.4, -0.2) is 45.7 Å². The van der Waals surface area contributed by atoms with Crippen molar-refractivity contribution in [2.75, 3.05) is 31.1 Å². The second kappa shape index (κ2) is 9.12. The largest absolute Gasteiger partial charge is 0.507 e. The maximum Gasteiger partial charge on any atom is 0.259 e. The third kappa shape index (κ3) is 4.31. The first-order valence-corrected chi connectivity index (χ1v) is 11.0. The zero-order chi connectivity index (χ0) is 22.0. The maximum atomic E-state index is 13.4. The van der Waals surface area contributed by atoms with E-state index >= 15 is 0 Å². The number of hydrogen-bond acceptors (Lipinski definition) is 5. The number of anilines is 1. The van der Waals surface area contributed by atoms with E-state index in [1.54, 1.807) is 16.8 Å². The van der Waals surface area contributed by atoms with Crippen LogP contribution in [0.3, 0.4) is 0 Å². The second-order valence-corrected chi connectivity index (χ2v) is 8.24. The highest BCUT2D eigenvalue weighted by molar-refractivity contribution is 6.30. The van der Waals surface area contributed by atoms with Gasteiger partial charge in [-0.25, -0.2) is 4.98 Å². The lowest BCUT2D eigenvalue weighted by atomic mass is 9.96. The van der Waals surface area contributed by atoms with Gasteiger partial charge in [0.2, 0.25) is 0 Å². The van der Waals surface area contributed by atoms with Crippen LogP contribution in [0.1, 0.15) is 29.8 Å². The van der Waals surface area contributed by atoms with Gasteiger partial charge in [-0.05, 0) is 49.7 Å². The van der Waals surface area contributed by atoms with Crippen molar-refractivity contribution in [3.05, 3.63) is 86.9 Å². The van der Waals surface area contributed by atoms with Crippen molar-refractivity contribution in [1.82, 2.24) is 14.5 Å². The van der Waals surface area contributed by atoms with E-state index in [4.69, 9.17) is 11.6 Å². The number of aromatic nitrogens is 2. The first-order valence-electron chi connectivity index (χ1n) is 10.6. The molecule has 3 heterocycles. The molecule has 1 saturated heterocycles. The number of aryl methyl sites for hydroxylation is 1. The lowest BCUT2D eigenvalue weighted by Gasteiger charge is -2.40. The predicted molar refractivity (Wildman–Crippen MR) is 124 cm³/mol. The minimum atomic E-state index is -0.353. The van der Waals surface area contributed by atoms with Crippen LogP contribution in [0.15, 0.2) is 59.5 Å². The fourth-order valence-electron chi connectivity index (χ4n) is 4.37. The molecule has 1 fully saturated rings. The third-order valence-corrected chi connectivity index (χ3v) is 6.20. The molecule has 1 atom stereocenters. The number of hydrogen-bond donors (Lipinski definition) is 1. The second-order valence-electron chi connectivity index (χ2n) is 7.80. The molecule has 3 aromatic rings. The van der Waals surface area contributed by atoms with Gasteiger partial charge in [-0.3, -0.25) is 9.69 Å². The Labute approximate surface area is 187 Å². The van der Waals surface area contributed by atoms with Crippen molar-refractivity contribution in [1.29, 1.82) is 0 Å². The molecule has 6 nitrogen and oxygen atoms in total. The quantitative estimate of drug-likeness (QED) is 0.655. The summed E-state index contributed by atoms with van der Waals surface area (Å²) in [7, 11) is 0. The monoisotopic (exact) mass is 438 g/mol. The zero-order valence-electron chi connectivity index (χ0n) is 17.8. The summed E-state index contributed by atoms with van der Waals surface area (Å²) in [6, 6.07) is 14.8. The van der Waals surface area contributed by atoms with Crippen LogP contribution in [0, 0.1) is 6.92 Å². The molecule has 1 aliphatic rings. The first-order chi connectivity index (χ1) is 15.0. The SMILES string of the molecule is CCn1c(C)cc(O)c([C@@H](c2ccc(Cl)cc2)N2CCN(c3ccccn3)CC2)c1=O. The van der Waals surface area contributed by atoms with E-state index in [-0.39, 0.29) is 17.4 Å². The number of halogens is 1. The number of rotatable bonds is 5. The van der Waals surface area contributed by atoms with Crippen LogP contribution in [0.5, 0.6) is 5.75 Å². The van der Waals surface area contributed by atoms with Crippen molar-refractivity contribution in [2.45, 2.75) is 26.4 Å². The Morgan fingerprint density at radius 3 is 2.42 bits per heavy atom. The Balaban J connectivity index is 1.72. The van der Waals surface area contributed by atoms with E-state index in [2.05, 4.69) is 14.8 Å². The zero-order valence-corrected chi connectivity index (χ0v) is 18.6. The summed E-state index contributed by atoms with van der Waals surface area (Å²) in [6.45, 7) is 7.39. The average Bonchev–Trinajstić information content (AvgIpc) is 2.78.